The highest BCUT2D eigenvalue weighted by Gasteiger charge is 2.31. The number of aryl methyl sites for hydroxylation is 1. The lowest BCUT2D eigenvalue weighted by molar-refractivity contribution is -0.122. The number of nitrogens with zero attached hydrogens (tertiary/aromatic N) is 3. The Bertz CT molecular complexity index is 892. The number of aromatic nitrogens is 2. The van der Waals surface area contributed by atoms with E-state index in [9.17, 15) is 4.79 Å². The van der Waals surface area contributed by atoms with E-state index in [2.05, 4.69) is 5.10 Å². The third kappa shape index (κ3) is 4.33. The maximum Gasteiger partial charge on any atom is 0.266 e. The normalized spacial score (nSPS) is 15.7. The number of carbonyl (C=O) groups excluding carboxylic acids is 1. The molecule has 1 aliphatic rings. The molecule has 6 nitrogen and oxygen atoms in total. The summed E-state index contributed by atoms with van der Waals surface area (Å²) in [7, 11) is 3.21. The van der Waals surface area contributed by atoms with Crippen molar-refractivity contribution in [3.05, 3.63) is 46.6 Å². The summed E-state index contributed by atoms with van der Waals surface area (Å²) < 4.78 is 13.0. The molecule has 0 N–H and O–H groups in total. The van der Waals surface area contributed by atoms with Crippen LogP contribution in [0.15, 0.2) is 35.5 Å². The molecule has 0 atom stereocenters. The number of hydrogen-bond donors (Lipinski definition) is 0. The van der Waals surface area contributed by atoms with Gasteiger partial charge in [0.05, 0.1) is 25.3 Å². The summed E-state index contributed by atoms with van der Waals surface area (Å²) in [4.78, 5) is 15.0. The number of thiocarbonyl (C=S) groups is 1. The molecule has 0 bridgehead atoms. The van der Waals surface area contributed by atoms with Gasteiger partial charge in [0, 0.05) is 24.8 Å². The number of amides is 1. The number of thioether (sulfide) groups is 1. The summed E-state index contributed by atoms with van der Waals surface area (Å²) in [6, 6.07) is 5.75. The van der Waals surface area contributed by atoms with E-state index in [0.717, 1.165) is 17.7 Å². The van der Waals surface area contributed by atoms with Crippen LogP contribution in [0.25, 0.3) is 6.08 Å². The van der Waals surface area contributed by atoms with Crippen LogP contribution >= 0.6 is 24.0 Å². The first-order chi connectivity index (χ1) is 13.0. The van der Waals surface area contributed by atoms with Crippen LogP contribution in [0.5, 0.6) is 11.5 Å². The molecule has 2 aromatic rings. The van der Waals surface area contributed by atoms with Crippen molar-refractivity contribution in [3.8, 4) is 11.5 Å². The van der Waals surface area contributed by atoms with Crippen molar-refractivity contribution in [2.45, 2.75) is 19.9 Å². The second kappa shape index (κ2) is 8.58. The van der Waals surface area contributed by atoms with Crippen LogP contribution in [0, 0.1) is 0 Å². The molecular formula is C19H21N3O3S2. The summed E-state index contributed by atoms with van der Waals surface area (Å²) in [6.45, 7) is 3.33. The Labute approximate surface area is 168 Å². The van der Waals surface area contributed by atoms with Gasteiger partial charge in [-0.3, -0.25) is 14.4 Å². The molecule has 1 aliphatic heterocycles. The van der Waals surface area contributed by atoms with E-state index in [1.54, 1.807) is 25.3 Å². The number of ether oxygens (including phenoxy) is 2. The SMILES string of the molecule is CCn1cc(C=C2SC(=S)N(CCc3ccc(OC)c(OC)c3)C2=O)cn1. The van der Waals surface area contributed by atoms with Crippen LogP contribution in [-0.4, -0.2) is 45.7 Å². The van der Waals surface area contributed by atoms with Gasteiger partial charge in [-0.2, -0.15) is 5.10 Å². The van der Waals surface area contributed by atoms with E-state index < -0.39 is 0 Å². The first-order valence-corrected chi connectivity index (χ1v) is 9.77. The van der Waals surface area contributed by atoms with E-state index in [1.807, 2.05) is 42.1 Å². The first kappa shape index (κ1) is 19.4. The molecule has 0 saturated carbocycles. The fourth-order valence-corrected chi connectivity index (χ4v) is 4.06. The summed E-state index contributed by atoms with van der Waals surface area (Å²) in [5.41, 5.74) is 1.95. The molecule has 1 fully saturated rings. The fourth-order valence-electron chi connectivity index (χ4n) is 2.75. The van der Waals surface area contributed by atoms with Crippen LogP contribution < -0.4 is 9.47 Å². The van der Waals surface area contributed by atoms with Crippen LogP contribution in [0.1, 0.15) is 18.1 Å². The second-order valence-electron chi connectivity index (χ2n) is 5.90. The molecule has 3 rings (SSSR count). The molecular weight excluding hydrogens is 382 g/mol. The maximum absolute atomic E-state index is 12.7. The number of carbonyl (C=O) groups is 1. The van der Waals surface area contributed by atoms with Gasteiger partial charge < -0.3 is 9.47 Å². The molecule has 0 radical (unpaired) electrons. The first-order valence-electron chi connectivity index (χ1n) is 8.54. The van der Waals surface area contributed by atoms with E-state index >= 15 is 0 Å². The third-order valence-corrected chi connectivity index (χ3v) is 5.60. The summed E-state index contributed by atoms with van der Waals surface area (Å²) in [6.07, 6.45) is 6.18. The molecule has 27 heavy (non-hydrogen) atoms. The van der Waals surface area contributed by atoms with Crippen LogP contribution in [0.3, 0.4) is 0 Å². The molecule has 1 aromatic heterocycles. The van der Waals surface area contributed by atoms with E-state index in [-0.39, 0.29) is 5.91 Å². The molecule has 142 valence electrons. The number of methoxy groups -OCH3 is 2. The maximum atomic E-state index is 12.7. The minimum atomic E-state index is -0.0604. The second-order valence-corrected chi connectivity index (χ2v) is 7.58. The smallest absolute Gasteiger partial charge is 0.266 e. The van der Waals surface area contributed by atoms with Crippen molar-refractivity contribution >= 4 is 40.3 Å². The molecule has 8 heteroatoms. The van der Waals surface area contributed by atoms with Crippen LogP contribution in [-0.2, 0) is 17.8 Å². The van der Waals surface area contributed by atoms with Crippen LogP contribution in [0.4, 0.5) is 0 Å². The lowest BCUT2D eigenvalue weighted by atomic mass is 10.1. The van der Waals surface area contributed by atoms with Gasteiger partial charge in [-0.15, -0.1) is 0 Å². The van der Waals surface area contributed by atoms with Gasteiger partial charge in [0.1, 0.15) is 4.32 Å². The predicted molar refractivity (Wildman–Crippen MR) is 111 cm³/mol. The highest BCUT2D eigenvalue weighted by molar-refractivity contribution is 8.26. The Morgan fingerprint density at radius 1 is 1.26 bits per heavy atom. The number of hydrogen-bond acceptors (Lipinski definition) is 6. The van der Waals surface area contributed by atoms with Crippen molar-refractivity contribution in [2.75, 3.05) is 20.8 Å². The van der Waals surface area contributed by atoms with Crippen LogP contribution in [0.2, 0.25) is 0 Å². The van der Waals surface area contributed by atoms with E-state index in [0.29, 0.717) is 33.7 Å². The summed E-state index contributed by atoms with van der Waals surface area (Å²) >= 11 is 6.73. The monoisotopic (exact) mass is 403 g/mol. The summed E-state index contributed by atoms with van der Waals surface area (Å²) in [5, 5.41) is 4.23. The standard InChI is InChI=1S/C19H21N3O3S2/c1-4-21-12-14(11-20-21)10-17-18(23)22(19(26)27-17)8-7-13-5-6-15(24-2)16(9-13)25-3/h5-6,9-12H,4,7-8H2,1-3H3. The van der Waals surface area contributed by atoms with Crippen molar-refractivity contribution in [3.63, 3.8) is 0 Å². The summed E-state index contributed by atoms with van der Waals surface area (Å²) in [5.74, 6) is 1.30. The van der Waals surface area contributed by atoms with Gasteiger partial charge in [0.15, 0.2) is 11.5 Å². The predicted octanol–water partition coefficient (Wildman–Crippen LogP) is 3.36. The zero-order valence-electron chi connectivity index (χ0n) is 15.5. The van der Waals surface area contributed by atoms with Gasteiger partial charge in [-0.05, 0) is 37.1 Å². The minimum absolute atomic E-state index is 0.0604. The molecule has 1 saturated heterocycles. The lowest BCUT2D eigenvalue weighted by Crippen LogP contribution is -2.30. The third-order valence-electron chi connectivity index (χ3n) is 4.22. The molecule has 0 aliphatic carbocycles. The number of rotatable bonds is 7. The average Bonchev–Trinajstić information content (AvgIpc) is 3.24. The Balaban J connectivity index is 1.69. The Morgan fingerprint density at radius 3 is 2.70 bits per heavy atom. The molecule has 2 heterocycles. The van der Waals surface area contributed by atoms with Gasteiger partial charge in [0.25, 0.3) is 5.91 Å². The molecule has 1 amide bonds. The lowest BCUT2D eigenvalue weighted by Gasteiger charge is -2.15. The minimum Gasteiger partial charge on any atom is -0.493 e. The van der Waals surface area contributed by atoms with Gasteiger partial charge in [0.2, 0.25) is 0 Å². The van der Waals surface area contributed by atoms with Crippen molar-refractivity contribution in [1.82, 2.24) is 14.7 Å². The topological polar surface area (TPSA) is 56.6 Å². The number of benzene rings is 1. The van der Waals surface area contributed by atoms with Crippen molar-refractivity contribution in [2.24, 2.45) is 0 Å². The van der Waals surface area contributed by atoms with E-state index in [4.69, 9.17) is 21.7 Å². The van der Waals surface area contributed by atoms with Gasteiger partial charge in [-0.1, -0.05) is 30.0 Å². The Kier molecular flexibility index (Phi) is 6.18. The highest BCUT2D eigenvalue weighted by atomic mass is 32.2. The largest absolute Gasteiger partial charge is 0.493 e. The zero-order valence-corrected chi connectivity index (χ0v) is 17.1. The molecule has 0 unspecified atom stereocenters. The quantitative estimate of drug-likeness (QED) is 0.522. The Hall–Kier alpha value is -2.32. The van der Waals surface area contributed by atoms with Crippen molar-refractivity contribution in [1.29, 1.82) is 0 Å². The van der Waals surface area contributed by atoms with Gasteiger partial charge in [-0.25, -0.2) is 0 Å². The van der Waals surface area contributed by atoms with Crippen molar-refractivity contribution < 1.29 is 14.3 Å². The molecule has 0 spiro atoms. The van der Waals surface area contributed by atoms with E-state index in [1.165, 1.54) is 11.8 Å². The highest BCUT2D eigenvalue weighted by Crippen LogP contribution is 2.33. The molecule has 1 aromatic carbocycles. The average molecular weight is 404 g/mol. The fraction of sp³-hybridized carbons (Fsp3) is 0.316. The Morgan fingerprint density at radius 2 is 2.04 bits per heavy atom. The van der Waals surface area contributed by atoms with Gasteiger partial charge >= 0.3 is 0 Å². The zero-order chi connectivity index (χ0) is 19.4.